The number of aryl methyl sites for hydroxylation is 1. The van der Waals surface area contributed by atoms with Crippen molar-refractivity contribution in [3.8, 4) is 0 Å². The SMILES string of the molecule is Cc1ccc(N)cc1C(=O)OCc1sccc1Br. The highest BCUT2D eigenvalue weighted by atomic mass is 79.9. The lowest BCUT2D eigenvalue weighted by atomic mass is 10.1. The maximum atomic E-state index is 11.9. The van der Waals surface area contributed by atoms with Gasteiger partial charge in [0, 0.05) is 10.2 Å². The minimum atomic E-state index is -0.347. The molecule has 2 rings (SSSR count). The fourth-order valence-corrected chi connectivity index (χ4v) is 2.87. The van der Waals surface area contributed by atoms with Gasteiger partial charge in [0.25, 0.3) is 0 Å². The van der Waals surface area contributed by atoms with Gasteiger partial charge in [-0.15, -0.1) is 11.3 Å². The fraction of sp³-hybridized carbons (Fsp3) is 0.154. The second kappa shape index (κ2) is 5.54. The van der Waals surface area contributed by atoms with E-state index in [1.165, 1.54) is 0 Å². The summed E-state index contributed by atoms with van der Waals surface area (Å²) in [4.78, 5) is 12.9. The van der Waals surface area contributed by atoms with Gasteiger partial charge in [0.2, 0.25) is 0 Å². The molecule has 0 aliphatic rings. The average molecular weight is 326 g/mol. The summed E-state index contributed by atoms with van der Waals surface area (Å²) in [5.41, 5.74) is 7.60. The number of nitrogens with two attached hydrogens (primary N) is 1. The normalized spacial score (nSPS) is 10.3. The first kappa shape index (κ1) is 13.1. The molecule has 0 aliphatic carbocycles. The van der Waals surface area contributed by atoms with Crippen LogP contribution in [-0.2, 0) is 11.3 Å². The van der Waals surface area contributed by atoms with Crippen LogP contribution in [0.25, 0.3) is 0 Å². The summed E-state index contributed by atoms with van der Waals surface area (Å²) in [6.45, 7) is 2.13. The van der Waals surface area contributed by atoms with Crippen molar-refractivity contribution >= 4 is 38.9 Å². The number of hydrogen-bond acceptors (Lipinski definition) is 4. The number of halogens is 1. The molecule has 94 valence electrons. The Hall–Kier alpha value is -1.33. The van der Waals surface area contributed by atoms with Crippen molar-refractivity contribution in [1.82, 2.24) is 0 Å². The summed E-state index contributed by atoms with van der Waals surface area (Å²) >= 11 is 4.94. The number of carbonyl (C=O) groups is 1. The number of ether oxygens (including phenoxy) is 1. The van der Waals surface area contributed by atoms with E-state index in [2.05, 4.69) is 15.9 Å². The van der Waals surface area contributed by atoms with E-state index in [-0.39, 0.29) is 12.6 Å². The van der Waals surface area contributed by atoms with Gasteiger partial charge < -0.3 is 10.5 Å². The van der Waals surface area contributed by atoms with E-state index in [0.717, 1.165) is 14.9 Å². The molecule has 2 N–H and O–H groups in total. The van der Waals surface area contributed by atoms with Crippen molar-refractivity contribution in [2.45, 2.75) is 13.5 Å². The van der Waals surface area contributed by atoms with Gasteiger partial charge in [0.15, 0.2) is 0 Å². The second-order valence-corrected chi connectivity index (χ2v) is 5.70. The molecule has 2 aromatic rings. The zero-order chi connectivity index (χ0) is 13.1. The Bertz CT molecular complexity index is 580. The van der Waals surface area contributed by atoms with Crippen LogP contribution in [0.5, 0.6) is 0 Å². The molecular formula is C13H12BrNO2S. The largest absolute Gasteiger partial charge is 0.456 e. The van der Waals surface area contributed by atoms with Crippen LogP contribution in [-0.4, -0.2) is 5.97 Å². The van der Waals surface area contributed by atoms with Crippen LogP contribution in [0.2, 0.25) is 0 Å². The molecule has 0 aliphatic heterocycles. The third-order valence-corrected chi connectivity index (χ3v) is 4.41. The molecule has 5 heteroatoms. The van der Waals surface area contributed by atoms with Gasteiger partial charge in [-0.1, -0.05) is 6.07 Å². The molecule has 0 unspecified atom stereocenters. The van der Waals surface area contributed by atoms with Crippen LogP contribution in [0.3, 0.4) is 0 Å². The van der Waals surface area contributed by atoms with Gasteiger partial charge in [0.1, 0.15) is 6.61 Å². The number of benzene rings is 1. The van der Waals surface area contributed by atoms with Gasteiger partial charge in [-0.25, -0.2) is 4.79 Å². The Balaban J connectivity index is 2.08. The molecule has 0 spiro atoms. The molecule has 0 amide bonds. The smallest absolute Gasteiger partial charge is 0.338 e. The Morgan fingerprint density at radius 2 is 2.22 bits per heavy atom. The zero-order valence-electron chi connectivity index (χ0n) is 9.77. The predicted molar refractivity (Wildman–Crippen MR) is 76.7 cm³/mol. The highest BCUT2D eigenvalue weighted by Gasteiger charge is 2.12. The molecule has 0 atom stereocenters. The van der Waals surface area contributed by atoms with E-state index in [0.29, 0.717) is 11.3 Å². The minimum absolute atomic E-state index is 0.269. The van der Waals surface area contributed by atoms with E-state index in [4.69, 9.17) is 10.5 Å². The highest BCUT2D eigenvalue weighted by Crippen LogP contribution is 2.24. The highest BCUT2D eigenvalue weighted by molar-refractivity contribution is 9.10. The van der Waals surface area contributed by atoms with E-state index >= 15 is 0 Å². The molecule has 0 saturated carbocycles. The predicted octanol–water partition coefficient (Wildman–Crippen LogP) is 3.76. The third kappa shape index (κ3) is 2.91. The lowest BCUT2D eigenvalue weighted by molar-refractivity contribution is 0.0475. The van der Waals surface area contributed by atoms with E-state index < -0.39 is 0 Å². The molecule has 0 fully saturated rings. The van der Waals surface area contributed by atoms with Crippen molar-refractivity contribution in [2.75, 3.05) is 5.73 Å². The number of nitrogen functional groups attached to an aromatic ring is 1. The lowest BCUT2D eigenvalue weighted by Crippen LogP contribution is -2.07. The van der Waals surface area contributed by atoms with Crippen molar-refractivity contribution < 1.29 is 9.53 Å². The fourth-order valence-electron chi connectivity index (χ4n) is 1.50. The van der Waals surface area contributed by atoms with Crippen LogP contribution >= 0.6 is 27.3 Å². The number of thiophene rings is 1. The number of carbonyl (C=O) groups excluding carboxylic acids is 1. The molecule has 18 heavy (non-hydrogen) atoms. The number of esters is 1. The van der Waals surface area contributed by atoms with Crippen LogP contribution in [0.4, 0.5) is 5.69 Å². The molecular weight excluding hydrogens is 314 g/mol. The Kier molecular flexibility index (Phi) is 4.04. The second-order valence-electron chi connectivity index (χ2n) is 3.84. The summed E-state index contributed by atoms with van der Waals surface area (Å²) in [7, 11) is 0. The summed E-state index contributed by atoms with van der Waals surface area (Å²) in [5.74, 6) is -0.347. The van der Waals surface area contributed by atoms with Gasteiger partial charge in [-0.05, 0) is 52.0 Å². The van der Waals surface area contributed by atoms with Crippen LogP contribution in [0, 0.1) is 6.92 Å². The average Bonchev–Trinajstić information content (AvgIpc) is 2.75. The quantitative estimate of drug-likeness (QED) is 0.690. The van der Waals surface area contributed by atoms with Gasteiger partial charge >= 0.3 is 5.97 Å². The molecule has 1 heterocycles. The van der Waals surface area contributed by atoms with Gasteiger partial charge in [-0.3, -0.25) is 0 Å². The van der Waals surface area contributed by atoms with Gasteiger partial charge in [0.05, 0.1) is 10.4 Å². The van der Waals surface area contributed by atoms with Crippen molar-refractivity contribution in [2.24, 2.45) is 0 Å². The lowest BCUT2D eigenvalue weighted by Gasteiger charge is -2.07. The molecule has 1 aromatic carbocycles. The summed E-state index contributed by atoms with van der Waals surface area (Å²) in [5, 5.41) is 1.94. The molecule has 0 saturated heterocycles. The molecule has 0 radical (unpaired) electrons. The number of anilines is 1. The number of hydrogen-bond donors (Lipinski definition) is 1. The maximum Gasteiger partial charge on any atom is 0.338 e. The van der Waals surface area contributed by atoms with Crippen LogP contribution < -0.4 is 5.73 Å². The first-order valence-electron chi connectivity index (χ1n) is 5.33. The molecule has 3 nitrogen and oxygen atoms in total. The van der Waals surface area contributed by atoms with E-state index in [9.17, 15) is 4.79 Å². The standard InChI is InChI=1S/C13H12BrNO2S/c1-8-2-3-9(15)6-10(8)13(16)17-7-12-11(14)4-5-18-12/h2-6H,7,15H2,1H3. The van der Waals surface area contributed by atoms with Gasteiger partial charge in [-0.2, -0.15) is 0 Å². The van der Waals surface area contributed by atoms with Crippen molar-refractivity contribution in [3.63, 3.8) is 0 Å². The number of rotatable bonds is 3. The maximum absolute atomic E-state index is 11.9. The first-order chi connectivity index (χ1) is 8.58. The third-order valence-electron chi connectivity index (χ3n) is 2.51. The summed E-state index contributed by atoms with van der Waals surface area (Å²) < 4.78 is 6.24. The monoisotopic (exact) mass is 325 g/mol. The summed E-state index contributed by atoms with van der Waals surface area (Å²) in [6, 6.07) is 7.15. The van der Waals surface area contributed by atoms with Crippen molar-refractivity contribution in [3.05, 3.63) is 50.1 Å². The van der Waals surface area contributed by atoms with Crippen LogP contribution in [0.1, 0.15) is 20.8 Å². The van der Waals surface area contributed by atoms with Crippen LogP contribution in [0.15, 0.2) is 34.1 Å². The Morgan fingerprint density at radius 1 is 1.44 bits per heavy atom. The minimum Gasteiger partial charge on any atom is -0.456 e. The molecule has 0 bridgehead atoms. The van der Waals surface area contributed by atoms with Crippen molar-refractivity contribution in [1.29, 1.82) is 0 Å². The zero-order valence-corrected chi connectivity index (χ0v) is 12.2. The Labute approximate surface area is 118 Å². The molecule has 1 aromatic heterocycles. The first-order valence-corrected chi connectivity index (χ1v) is 7.00. The van der Waals surface area contributed by atoms with E-state index in [1.807, 2.05) is 24.4 Å². The summed E-state index contributed by atoms with van der Waals surface area (Å²) in [6.07, 6.45) is 0. The topological polar surface area (TPSA) is 52.3 Å². The van der Waals surface area contributed by atoms with E-state index in [1.54, 1.807) is 23.5 Å². The Morgan fingerprint density at radius 3 is 2.89 bits per heavy atom.